The van der Waals surface area contributed by atoms with E-state index in [2.05, 4.69) is 98.3 Å². The molecule has 2 N–H and O–H groups in total. The number of thioether (sulfide) groups is 1. The van der Waals surface area contributed by atoms with E-state index in [1.807, 2.05) is 25.1 Å². The Hall–Kier alpha value is -3.70. The number of anilines is 1. The monoisotopic (exact) mass is 684 g/mol. The number of hydrogen-bond acceptors (Lipinski definition) is 9. The summed E-state index contributed by atoms with van der Waals surface area (Å²) in [6, 6.07) is 29.1. The van der Waals surface area contributed by atoms with Gasteiger partial charge >= 0.3 is 0 Å². The fourth-order valence-corrected chi connectivity index (χ4v) is 12.5. The average molecular weight is 685 g/mol. The summed E-state index contributed by atoms with van der Waals surface area (Å²) >= 11 is 3.29. The van der Waals surface area contributed by atoms with Gasteiger partial charge in [0, 0.05) is 28.0 Å². The molecule has 2 aromatic heterocycles. The van der Waals surface area contributed by atoms with E-state index in [0.717, 1.165) is 34.8 Å². The highest BCUT2D eigenvalue weighted by Gasteiger charge is 2.50. The lowest BCUT2D eigenvalue weighted by atomic mass is 10.2. The lowest BCUT2D eigenvalue weighted by Crippen LogP contribution is -2.66. The molecule has 0 saturated heterocycles. The molecule has 0 aliphatic rings. The zero-order chi connectivity index (χ0) is 33.4. The van der Waals surface area contributed by atoms with Crippen LogP contribution in [0.4, 0.5) is 5.82 Å². The molecule has 0 aliphatic carbocycles. The Bertz CT molecular complexity index is 1700. The molecule has 0 aliphatic heterocycles. The molecule has 0 bridgehead atoms. The number of nitrogens with two attached hydrogens (primary N) is 1. The molecule has 0 amide bonds. The molecular formula is C37H44N4O3S2Si. The first-order valence-corrected chi connectivity index (χ1v) is 19.6. The van der Waals surface area contributed by atoms with Gasteiger partial charge in [-0.3, -0.25) is 0 Å². The van der Waals surface area contributed by atoms with Crippen molar-refractivity contribution in [2.45, 2.75) is 63.4 Å². The van der Waals surface area contributed by atoms with E-state index in [9.17, 15) is 0 Å². The predicted molar refractivity (Wildman–Crippen MR) is 198 cm³/mol. The van der Waals surface area contributed by atoms with E-state index < -0.39 is 8.32 Å². The molecule has 246 valence electrons. The molecule has 0 fully saturated rings. The van der Waals surface area contributed by atoms with Crippen LogP contribution in [0.1, 0.15) is 50.4 Å². The number of aryl methyl sites for hydroxylation is 2. The molecule has 5 rings (SSSR count). The molecule has 3 aromatic carbocycles. The SMILES string of the molecule is CCCc1sc(-c2ccc(OC)c(OCCO[Si](c3ccccc3)(c3ccccc3)C(C)(C)C)c2)nc1CSc1nc(C)cc(N)n1. The van der Waals surface area contributed by atoms with Gasteiger partial charge in [-0.25, -0.2) is 15.0 Å². The van der Waals surface area contributed by atoms with Crippen LogP contribution in [0.2, 0.25) is 5.04 Å². The van der Waals surface area contributed by atoms with Crippen molar-refractivity contribution in [2.75, 3.05) is 26.1 Å². The zero-order valence-corrected chi connectivity index (χ0v) is 30.7. The topological polar surface area (TPSA) is 92.4 Å². The van der Waals surface area contributed by atoms with Crippen LogP contribution in [0.25, 0.3) is 10.6 Å². The quantitative estimate of drug-likeness (QED) is 0.0551. The van der Waals surface area contributed by atoms with Crippen molar-refractivity contribution in [1.82, 2.24) is 15.0 Å². The maximum absolute atomic E-state index is 7.04. The van der Waals surface area contributed by atoms with Gasteiger partial charge < -0.3 is 19.6 Å². The van der Waals surface area contributed by atoms with Gasteiger partial charge in [0.2, 0.25) is 0 Å². The predicted octanol–water partition coefficient (Wildman–Crippen LogP) is 7.70. The minimum absolute atomic E-state index is 0.109. The standard InChI is InChI=1S/C37H44N4O3S2Si/c1-7-14-33-30(25-45-36-39-26(2)23-34(38)41-36)40-35(46-33)27-19-20-31(42-6)32(24-27)43-21-22-44-47(37(3,4)5,28-15-10-8-11-16-28)29-17-12-9-13-18-29/h8-13,15-20,23-24H,7,14,21-22,25H2,1-6H3,(H2,38,39,41). The van der Waals surface area contributed by atoms with E-state index in [1.54, 1.807) is 36.3 Å². The summed E-state index contributed by atoms with van der Waals surface area (Å²) in [4.78, 5) is 15.3. The van der Waals surface area contributed by atoms with Crippen molar-refractivity contribution < 1.29 is 13.9 Å². The summed E-state index contributed by atoms with van der Waals surface area (Å²) in [5.74, 6) is 2.50. The Balaban J connectivity index is 1.35. The van der Waals surface area contributed by atoms with E-state index in [0.29, 0.717) is 41.4 Å². The lowest BCUT2D eigenvalue weighted by Gasteiger charge is -2.43. The number of rotatable bonds is 14. The summed E-state index contributed by atoms with van der Waals surface area (Å²) < 4.78 is 19.1. The second kappa shape index (κ2) is 15.5. The molecule has 10 heteroatoms. The fraction of sp³-hybridized carbons (Fsp3) is 0.324. The first kappa shape index (κ1) is 34.6. The number of thiazole rings is 1. The van der Waals surface area contributed by atoms with Gasteiger partial charge in [-0.1, -0.05) is 107 Å². The number of ether oxygens (including phenoxy) is 2. The molecule has 2 heterocycles. The molecule has 0 radical (unpaired) electrons. The number of nitrogens with zero attached hydrogens (tertiary/aromatic N) is 3. The van der Waals surface area contributed by atoms with Crippen LogP contribution in [0.5, 0.6) is 11.5 Å². The van der Waals surface area contributed by atoms with Crippen molar-refractivity contribution in [3.8, 4) is 22.1 Å². The summed E-state index contributed by atoms with van der Waals surface area (Å²) in [5, 5.41) is 4.00. The smallest absolute Gasteiger partial charge is 0.261 e. The third-order valence-corrected chi connectivity index (χ3v) is 15.0. The summed E-state index contributed by atoms with van der Waals surface area (Å²) in [6.45, 7) is 11.8. The Morgan fingerprint density at radius 3 is 2.13 bits per heavy atom. The maximum Gasteiger partial charge on any atom is 0.261 e. The molecule has 0 saturated carbocycles. The summed E-state index contributed by atoms with van der Waals surface area (Å²) in [6.07, 6.45) is 2.00. The van der Waals surface area contributed by atoms with Crippen molar-refractivity contribution in [3.63, 3.8) is 0 Å². The van der Waals surface area contributed by atoms with E-state index >= 15 is 0 Å². The highest BCUT2D eigenvalue weighted by atomic mass is 32.2. The van der Waals surface area contributed by atoms with Crippen LogP contribution < -0.4 is 25.6 Å². The van der Waals surface area contributed by atoms with Gasteiger partial charge in [0.25, 0.3) is 8.32 Å². The lowest BCUT2D eigenvalue weighted by molar-refractivity contribution is 0.203. The molecule has 0 spiro atoms. The van der Waals surface area contributed by atoms with Crippen molar-refractivity contribution in [2.24, 2.45) is 0 Å². The Morgan fingerprint density at radius 2 is 1.53 bits per heavy atom. The zero-order valence-electron chi connectivity index (χ0n) is 28.1. The Morgan fingerprint density at radius 1 is 0.851 bits per heavy atom. The van der Waals surface area contributed by atoms with E-state index in [1.165, 1.54) is 15.3 Å². The van der Waals surface area contributed by atoms with E-state index in [-0.39, 0.29) is 5.04 Å². The van der Waals surface area contributed by atoms with Crippen LogP contribution in [0.3, 0.4) is 0 Å². The number of nitrogen functional groups attached to an aromatic ring is 1. The molecule has 47 heavy (non-hydrogen) atoms. The number of methoxy groups -OCH3 is 1. The maximum atomic E-state index is 7.04. The number of aromatic nitrogens is 3. The summed E-state index contributed by atoms with van der Waals surface area (Å²) in [7, 11) is -0.995. The van der Waals surface area contributed by atoms with Crippen molar-refractivity contribution in [1.29, 1.82) is 0 Å². The molecular weight excluding hydrogens is 641 g/mol. The Kier molecular flexibility index (Phi) is 11.4. The third-order valence-electron chi connectivity index (χ3n) is 7.93. The van der Waals surface area contributed by atoms with Crippen LogP contribution in [-0.4, -0.2) is 43.6 Å². The minimum atomic E-state index is -2.66. The van der Waals surface area contributed by atoms with Gasteiger partial charge in [0.05, 0.1) is 19.4 Å². The second-order valence-electron chi connectivity index (χ2n) is 12.4. The number of hydrogen-bond donors (Lipinski definition) is 1. The minimum Gasteiger partial charge on any atom is -0.493 e. The molecule has 7 nitrogen and oxygen atoms in total. The average Bonchev–Trinajstić information content (AvgIpc) is 3.46. The van der Waals surface area contributed by atoms with Crippen molar-refractivity contribution in [3.05, 3.63) is 101 Å². The Labute approximate surface area is 288 Å². The largest absolute Gasteiger partial charge is 0.493 e. The first-order chi connectivity index (χ1) is 22.6. The van der Waals surface area contributed by atoms with Gasteiger partial charge in [-0.05, 0) is 47.0 Å². The third kappa shape index (κ3) is 8.06. The fourth-order valence-electron chi connectivity index (χ4n) is 5.83. The van der Waals surface area contributed by atoms with Crippen LogP contribution in [0.15, 0.2) is 90.1 Å². The van der Waals surface area contributed by atoms with Gasteiger partial charge in [-0.15, -0.1) is 11.3 Å². The summed E-state index contributed by atoms with van der Waals surface area (Å²) in [5.41, 5.74) is 8.85. The van der Waals surface area contributed by atoms with Gasteiger partial charge in [0.15, 0.2) is 16.7 Å². The second-order valence-corrected chi connectivity index (χ2v) is 18.7. The normalized spacial score (nSPS) is 11.9. The first-order valence-electron chi connectivity index (χ1n) is 15.9. The highest BCUT2D eigenvalue weighted by Crippen LogP contribution is 2.38. The van der Waals surface area contributed by atoms with E-state index in [4.69, 9.17) is 24.6 Å². The van der Waals surface area contributed by atoms with Crippen LogP contribution in [-0.2, 0) is 16.6 Å². The van der Waals surface area contributed by atoms with Crippen molar-refractivity contribution >= 4 is 47.6 Å². The highest BCUT2D eigenvalue weighted by molar-refractivity contribution is 7.98. The molecule has 0 atom stereocenters. The van der Waals surface area contributed by atoms with Crippen LogP contribution >= 0.6 is 23.1 Å². The molecule has 0 unspecified atom stereocenters. The van der Waals surface area contributed by atoms with Gasteiger partial charge in [0.1, 0.15) is 17.4 Å². The number of benzene rings is 3. The molecule has 5 aromatic rings. The van der Waals surface area contributed by atoms with Gasteiger partial charge in [-0.2, -0.15) is 0 Å². The van der Waals surface area contributed by atoms with Crippen LogP contribution in [0, 0.1) is 6.92 Å².